The molecule has 2 aromatic rings. The van der Waals surface area contributed by atoms with Crippen molar-refractivity contribution in [3.05, 3.63) is 60.2 Å². The predicted octanol–water partition coefficient (Wildman–Crippen LogP) is 3.82. The van der Waals surface area contributed by atoms with E-state index in [0.717, 1.165) is 0 Å². The van der Waals surface area contributed by atoms with Gasteiger partial charge in [0.25, 0.3) is 0 Å². The molecule has 6 nitrogen and oxygen atoms in total. The molecule has 166 valence electrons. The Kier molecular flexibility index (Phi) is 5.82. The van der Waals surface area contributed by atoms with Gasteiger partial charge in [-0.05, 0) is 29.8 Å². The fourth-order valence-corrected chi connectivity index (χ4v) is 6.10. The van der Waals surface area contributed by atoms with Gasteiger partial charge in [0.15, 0.2) is 0 Å². The maximum absolute atomic E-state index is 15.3. The Morgan fingerprint density at radius 2 is 1.84 bits per heavy atom. The molecule has 31 heavy (non-hydrogen) atoms. The van der Waals surface area contributed by atoms with Gasteiger partial charge in [-0.1, -0.05) is 46.3 Å². The Balaban J connectivity index is 1.75. The number of hydrogen-bond donors (Lipinski definition) is 1. The number of fused-ring (bicyclic) bond motifs is 2. The molecule has 1 N–H and O–H groups in total. The van der Waals surface area contributed by atoms with Gasteiger partial charge in [0, 0.05) is 13.0 Å². The third-order valence-corrected chi connectivity index (χ3v) is 7.81. The summed E-state index contributed by atoms with van der Waals surface area (Å²) in [4.78, 5) is 13.6. The molecule has 0 radical (unpaired) electrons. The molecule has 1 amide bonds. The zero-order valence-corrected chi connectivity index (χ0v) is 18.8. The summed E-state index contributed by atoms with van der Waals surface area (Å²) >= 11 is -0.103. The van der Waals surface area contributed by atoms with Crippen molar-refractivity contribution >= 4 is 32.9 Å². The quantitative estimate of drug-likeness (QED) is 0.448. The van der Waals surface area contributed by atoms with Crippen LogP contribution in [0.1, 0.15) is 12.0 Å². The van der Waals surface area contributed by atoms with Crippen molar-refractivity contribution in [2.45, 2.75) is 34.7 Å². The summed E-state index contributed by atoms with van der Waals surface area (Å²) in [5.74, 6) is -0.340. The number of halogens is 3. The highest BCUT2D eigenvalue weighted by molar-refractivity contribution is 9.09. The van der Waals surface area contributed by atoms with E-state index < -0.39 is 38.7 Å². The summed E-state index contributed by atoms with van der Waals surface area (Å²) in [6.07, 6.45) is -0.375. The number of ether oxygens (including phenoxy) is 2. The normalized spacial score (nSPS) is 28.6. The maximum atomic E-state index is 15.3. The highest BCUT2D eigenvalue weighted by atomic mass is 79.9. The number of piperidine rings is 1. The minimum atomic E-state index is -4.12. The van der Waals surface area contributed by atoms with Gasteiger partial charge in [-0.25, -0.2) is 4.21 Å². The zero-order valence-electron chi connectivity index (χ0n) is 16.4. The van der Waals surface area contributed by atoms with Gasteiger partial charge >= 0.3 is 5.25 Å². The van der Waals surface area contributed by atoms with E-state index in [0.29, 0.717) is 11.3 Å². The van der Waals surface area contributed by atoms with Gasteiger partial charge in [-0.15, -0.1) is 0 Å². The van der Waals surface area contributed by atoms with Crippen LogP contribution in [0.2, 0.25) is 0 Å². The average molecular weight is 516 g/mol. The number of alkyl halides is 3. The lowest BCUT2D eigenvalue weighted by Crippen LogP contribution is -2.67. The number of likely N-dealkylation sites (tertiary alicyclic amines) is 1. The second-order valence-corrected chi connectivity index (χ2v) is 9.65. The number of methoxy groups -OCH3 is 1. The number of nitrogens with zero attached hydrogens (tertiary/aromatic N) is 1. The molecule has 2 fully saturated rings. The molecule has 1 saturated carbocycles. The summed E-state index contributed by atoms with van der Waals surface area (Å²) < 4.78 is 62.8. The van der Waals surface area contributed by atoms with Crippen LogP contribution in [0.3, 0.4) is 0 Å². The molecule has 2 bridgehead atoms. The second-order valence-electron chi connectivity index (χ2n) is 7.58. The highest BCUT2D eigenvalue weighted by Crippen LogP contribution is 2.57. The van der Waals surface area contributed by atoms with Crippen molar-refractivity contribution in [1.82, 2.24) is 4.90 Å². The molecule has 10 heteroatoms. The molecule has 5 atom stereocenters. The van der Waals surface area contributed by atoms with Crippen LogP contribution in [-0.4, -0.2) is 48.4 Å². The second kappa shape index (κ2) is 8.14. The van der Waals surface area contributed by atoms with Crippen molar-refractivity contribution in [3.8, 4) is 11.5 Å². The van der Waals surface area contributed by atoms with Crippen LogP contribution in [0.4, 0.5) is 8.78 Å². The maximum Gasteiger partial charge on any atom is 0.385 e. The van der Waals surface area contributed by atoms with Gasteiger partial charge in [-0.2, -0.15) is 8.78 Å². The Morgan fingerprint density at radius 1 is 1.19 bits per heavy atom. The minimum absolute atomic E-state index is 0.0557. The van der Waals surface area contributed by atoms with Crippen LogP contribution in [0.15, 0.2) is 54.6 Å². The van der Waals surface area contributed by atoms with E-state index in [2.05, 4.69) is 15.9 Å². The molecule has 1 heterocycles. The van der Waals surface area contributed by atoms with E-state index >= 15 is 8.78 Å². The van der Waals surface area contributed by atoms with Gasteiger partial charge in [0.2, 0.25) is 22.6 Å². The number of amides is 1. The third-order valence-electron chi connectivity index (χ3n) is 5.89. The number of rotatable bonds is 7. The summed E-state index contributed by atoms with van der Waals surface area (Å²) in [6, 6.07) is 13.7. The first kappa shape index (κ1) is 22.2. The standard InChI is InChI=1S/C21H20BrF2NO5S/c1-29-14-9-7-13(8-10-14)12-25-18-17(22)16(19(25)26)11-20(18,21(23,24)31(27)28)30-15-5-3-2-4-6-15/h2-10,16-18H,11-12H2,1H3,(H,27,28). The largest absolute Gasteiger partial charge is 0.497 e. The first-order valence-corrected chi connectivity index (χ1v) is 11.5. The summed E-state index contributed by atoms with van der Waals surface area (Å²) in [5, 5.41) is -4.12. The fraction of sp³-hybridized carbons (Fsp3) is 0.381. The van der Waals surface area contributed by atoms with Crippen LogP contribution < -0.4 is 9.47 Å². The van der Waals surface area contributed by atoms with Gasteiger partial charge in [-0.3, -0.25) is 4.79 Å². The van der Waals surface area contributed by atoms with Crippen molar-refractivity contribution < 1.29 is 31.8 Å². The molecule has 1 saturated heterocycles. The lowest BCUT2D eigenvalue weighted by atomic mass is 9.91. The Labute approximate surface area is 188 Å². The van der Waals surface area contributed by atoms with Gasteiger partial charge < -0.3 is 18.9 Å². The number of para-hydroxylation sites is 1. The molecule has 1 aliphatic heterocycles. The van der Waals surface area contributed by atoms with Crippen molar-refractivity contribution in [3.63, 3.8) is 0 Å². The molecule has 4 rings (SSSR count). The van der Waals surface area contributed by atoms with Gasteiger partial charge in [0.1, 0.15) is 11.5 Å². The molecule has 1 aliphatic carbocycles. The first-order chi connectivity index (χ1) is 14.7. The van der Waals surface area contributed by atoms with E-state index in [-0.39, 0.29) is 24.6 Å². The number of carbonyl (C=O) groups excluding carboxylic acids is 1. The molecule has 2 aliphatic rings. The SMILES string of the molecule is COc1ccc(CN2C(=O)C3CC(Oc4ccccc4)(C(F)(F)S(=O)O)C2C3Br)cc1. The molecule has 0 aromatic heterocycles. The van der Waals surface area contributed by atoms with E-state index in [1.54, 1.807) is 42.5 Å². The lowest BCUT2D eigenvalue weighted by molar-refractivity contribution is -0.167. The topological polar surface area (TPSA) is 76.1 Å². The molecular formula is C21H20BrF2NO5S. The average Bonchev–Trinajstić information content (AvgIpc) is 3.17. The van der Waals surface area contributed by atoms with Crippen molar-refractivity contribution in [2.75, 3.05) is 7.11 Å². The van der Waals surface area contributed by atoms with Crippen LogP contribution in [0.25, 0.3) is 0 Å². The first-order valence-electron chi connectivity index (χ1n) is 9.51. The van der Waals surface area contributed by atoms with Crippen LogP contribution in [0.5, 0.6) is 11.5 Å². The molecule has 5 unspecified atom stereocenters. The summed E-state index contributed by atoms with van der Waals surface area (Å²) in [5.41, 5.74) is -1.66. The number of benzene rings is 2. The predicted molar refractivity (Wildman–Crippen MR) is 114 cm³/mol. The third kappa shape index (κ3) is 3.54. The number of carbonyl (C=O) groups is 1. The van der Waals surface area contributed by atoms with E-state index in [9.17, 15) is 13.6 Å². The summed E-state index contributed by atoms with van der Waals surface area (Å²) in [6.45, 7) is 0.0557. The zero-order chi connectivity index (χ0) is 22.4. The smallest absolute Gasteiger partial charge is 0.385 e. The molecule has 2 aromatic carbocycles. The Hall–Kier alpha value is -2.04. The Bertz CT molecular complexity index is 993. The van der Waals surface area contributed by atoms with E-state index in [4.69, 9.17) is 9.47 Å². The van der Waals surface area contributed by atoms with Crippen molar-refractivity contribution in [2.24, 2.45) is 5.92 Å². The summed E-state index contributed by atoms with van der Waals surface area (Å²) in [7, 11) is 1.53. The van der Waals surface area contributed by atoms with Crippen LogP contribution in [0, 0.1) is 5.92 Å². The van der Waals surface area contributed by atoms with Crippen LogP contribution >= 0.6 is 15.9 Å². The fourth-order valence-electron chi connectivity index (χ4n) is 4.44. The van der Waals surface area contributed by atoms with Crippen molar-refractivity contribution in [1.29, 1.82) is 0 Å². The monoisotopic (exact) mass is 515 g/mol. The minimum Gasteiger partial charge on any atom is -0.497 e. The van der Waals surface area contributed by atoms with E-state index in [1.807, 2.05) is 0 Å². The highest BCUT2D eigenvalue weighted by Gasteiger charge is 2.77. The van der Waals surface area contributed by atoms with Crippen LogP contribution in [-0.2, 0) is 22.4 Å². The van der Waals surface area contributed by atoms with E-state index in [1.165, 1.54) is 24.1 Å². The lowest BCUT2D eigenvalue weighted by Gasteiger charge is -2.45. The van der Waals surface area contributed by atoms with Gasteiger partial charge in [0.05, 0.1) is 23.9 Å². The molecule has 0 spiro atoms. The Morgan fingerprint density at radius 3 is 2.39 bits per heavy atom. The number of hydrogen-bond acceptors (Lipinski definition) is 4. The molecular weight excluding hydrogens is 496 g/mol.